The molecule has 0 fully saturated rings. The molecule has 37 heavy (non-hydrogen) atoms. The summed E-state index contributed by atoms with van der Waals surface area (Å²) in [5.74, 6) is -0.177. The molecule has 0 aliphatic rings. The van der Waals surface area contributed by atoms with E-state index >= 15 is 0 Å². The number of carbonyl (C=O) groups is 1. The third kappa shape index (κ3) is 4.81. The van der Waals surface area contributed by atoms with E-state index in [1.54, 1.807) is 18.5 Å². The van der Waals surface area contributed by atoms with Crippen molar-refractivity contribution in [2.75, 3.05) is 16.0 Å². The number of benzene rings is 4. The van der Waals surface area contributed by atoms with Gasteiger partial charge in [0.25, 0.3) is 5.91 Å². The van der Waals surface area contributed by atoms with Crippen LogP contribution in [0.15, 0.2) is 122 Å². The molecule has 0 unspecified atom stereocenters. The number of carbonyl (C=O) groups excluding carboxylic acids is 1. The van der Waals surface area contributed by atoms with E-state index in [4.69, 9.17) is 0 Å². The Morgan fingerprint density at radius 2 is 1.11 bits per heavy atom. The summed E-state index contributed by atoms with van der Waals surface area (Å²) in [6, 6.07) is 34.9. The van der Waals surface area contributed by atoms with E-state index in [1.807, 2.05) is 103 Å². The maximum absolute atomic E-state index is 13.0. The molecule has 0 spiro atoms. The van der Waals surface area contributed by atoms with Crippen molar-refractivity contribution < 1.29 is 4.79 Å². The summed E-state index contributed by atoms with van der Waals surface area (Å²) >= 11 is 0. The van der Waals surface area contributed by atoms with Gasteiger partial charge in [-0.15, -0.1) is 0 Å². The van der Waals surface area contributed by atoms with Crippen LogP contribution in [-0.2, 0) is 0 Å². The predicted octanol–water partition coefficient (Wildman–Crippen LogP) is 7.52. The van der Waals surface area contributed by atoms with Crippen molar-refractivity contribution in [2.45, 2.75) is 0 Å². The maximum Gasteiger partial charge on any atom is 0.255 e. The zero-order chi connectivity index (χ0) is 25.0. The van der Waals surface area contributed by atoms with Gasteiger partial charge in [0.2, 0.25) is 0 Å². The Bertz CT molecular complexity index is 1720. The van der Waals surface area contributed by atoms with Crippen molar-refractivity contribution in [1.82, 2.24) is 9.97 Å². The molecule has 0 radical (unpaired) electrons. The first-order valence-electron chi connectivity index (χ1n) is 12.0. The van der Waals surface area contributed by atoms with Crippen molar-refractivity contribution in [3.63, 3.8) is 0 Å². The number of hydrogen-bond donors (Lipinski definition) is 3. The van der Waals surface area contributed by atoms with Crippen LogP contribution in [0.3, 0.4) is 0 Å². The number of fused-ring (bicyclic) bond motifs is 2. The maximum atomic E-state index is 13.0. The molecule has 1 amide bonds. The molecular weight excluding hydrogens is 458 g/mol. The normalized spacial score (nSPS) is 10.8. The second-order valence-corrected chi connectivity index (χ2v) is 8.61. The van der Waals surface area contributed by atoms with Gasteiger partial charge in [0.1, 0.15) is 0 Å². The fourth-order valence-corrected chi connectivity index (χ4v) is 4.30. The first-order valence-corrected chi connectivity index (χ1v) is 12.0. The van der Waals surface area contributed by atoms with E-state index in [9.17, 15) is 4.79 Å². The van der Waals surface area contributed by atoms with Gasteiger partial charge in [-0.1, -0.05) is 42.5 Å². The molecule has 4 aromatic carbocycles. The summed E-state index contributed by atoms with van der Waals surface area (Å²) in [6.07, 6.45) is 3.57. The highest BCUT2D eigenvalue weighted by Gasteiger charge is 2.09. The van der Waals surface area contributed by atoms with Crippen LogP contribution in [0.5, 0.6) is 0 Å². The van der Waals surface area contributed by atoms with Gasteiger partial charge in [-0.05, 0) is 66.7 Å². The van der Waals surface area contributed by atoms with Gasteiger partial charge >= 0.3 is 0 Å². The van der Waals surface area contributed by atoms with Gasteiger partial charge in [0, 0.05) is 57.2 Å². The minimum absolute atomic E-state index is 0.177. The molecule has 2 aromatic heterocycles. The lowest BCUT2D eigenvalue weighted by Gasteiger charge is -2.12. The van der Waals surface area contributed by atoms with Gasteiger partial charge in [0.15, 0.2) is 0 Å². The Labute approximate surface area is 214 Å². The van der Waals surface area contributed by atoms with Crippen LogP contribution in [0.1, 0.15) is 10.4 Å². The highest BCUT2D eigenvalue weighted by molar-refractivity contribution is 6.05. The molecule has 0 saturated carbocycles. The summed E-state index contributed by atoms with van der Waals surface area (Å²) in [5, 5.41) is 11.9. The molecule has 6 nitrogen and oxygen atoms in total. The number of amides is 1. The lowest BCUT2D eigenvalue weighted by Crippen LogP contribution is -2.12. The van der Waals surface area contributed by atoms with Crippen LogP contribution in [0.2, 0.25) is 0 Å². The van der Waals surface area contributed by atoms with Crippen molar-refractivity contribution >= 4 is 56.1 Å². The van der Waals surface area contributed by atoms with E-state index < -0.39 is 0 Å². The van der Waals surface area contributed by atoms with E-state index in [1.165, 1.54) is 0 Å². The fourth-order valence-electron chi connectivity index (χ4n) is 4.30. The molecule has 6 heteroatoms. The first-order chi connectivity index (χ1) is 18.2. The highest BCUT2D eigenvalue weighted by atomic mass is 16.1. The molecule has 0 atom stereocenters. The fraction of sp³-hybridized carbons (Fsp3) is 0. The minimum Gasteiger partial charge on any atom is -0.355 e. The first kappa shape index (κ1) is 22.2. The van der Waals surface area contributed by atoms with Crippen molar-refractivity contribution in [3.05, 3.63) is 127 Å². The second-order valence-electron chi connectivity index (χ2n) is 8.61. The SMILES string of the molecule is O=C(Nc1ccc(Nc2ccnc3ccccc23)cc1)c1cccc(Nc2ccnc3ccccc23)c1. The minimum atomic E-state index is -0.177. The highest BCUT2D eigenvalue weighted by Crippen LogP contribution is 2.27. The number of hydrogen-bond acceptors (Lipinski definition) is 5. The number of pyridine rings is 2. The summed E-state index contributed by atoms with van der Waals surface area (Å²) in [6.45, 7) is 0. The average molecular weight is 482 g/mol. The zero-order valence-electron chi connectivity index (χ0n) is 19.8. The molecule has 178 valence electrons. The molecule has 0 saturated heterocycles. The number of rotatable bonds is 6. The quantitative estimate of drug-likeness (QED) is 0.229. The standard InChI is InChI=1S/C31H23N5O/c37-31(21-6-5-7-24(20-21)35-30-17-19-33-28-11-4-2-9-26(28)30)36-23-14-12-22(13-15-23)34-29-16-18-32-27-10-3-1-8-25(27)29/h1-20H,(H,32,34)(H,33,35)(H,36,37). The Morgan fingerprint density at radius 1 is 0.541 bits per heavy atom. The molecule has 0 bridgehead atoms. The largest absolute Gasteiger partial charge is 0.355 e. The number of nitrogens with one attached hydrogen (secondary N) is 3. The number of para-hydroxylation sites is 2. The molecule has 0 aliphatic heterocycles. The average Bonchev–Trinajstić information content (AvgIpc) is 2.95. The van der Waals surface area contributed by atoms with Crippen molar-refractivity contribution in [3.8, 4) is 0 Å². The van der Waals surface area contributed by atoms with Crippen LogP contribution in [0, 0.1) is 0 Å². The van der Waals surface area contributed by atoms with Crippen LogP contribution in [0.4, 0.5) is 28.4 Å². The van der Waals surface area contributed by atoms with E-state index in [0.29, 0.717) is 11.3 Å². The van der Waals surface area contributed by atoms with Crippen molar-refractivity contribution in [2.24, 2.45) is 0 Å². The summed E-state index contributed by atoms with van der Waals surface area (Å²) in [4.78, 5) is 21.8. The lowest BCUT2D eigenvalue weighted by molar-refractivity contribution is 0.102. The predicted molar refractivity (Wildman–Crippen MR) is 151 cm³/mol. The Morgan fingerprint density at radius 3 is 1.76 bits per heavy atom. The van der Waals surface area contributed by atoms with Gasteiger partial charge in [-0.25, -0.2) is 0 Å². The van der Waals surface area contributed by atoms with Gasteiger partial charge in [0.05, 0.1) is 11.0 Å². The van der Waals surface area contributed by atoms with Gasteiger partial charge in [-0.3, -0.25) is 14.8 Å². The van der Waals surface area contributed by atoms with Crippen LogP contribution < -0.4 is 16.0 Å². The van der Waals surface area contributed by atoms with Crippen LogP contribution >= 0.6 is 0 Å². The number of anilines is 5. The Balaban J connectivity index is 1.15. The van der Waals surface area contributed by atoms with E-state index in [0.717, 1.165) is 44.6 Å². The summed E-state index contributed by atoms with van der Waals surface area (Å²) in [5.41, 5.74) is 6.80. The van der Waals surface area contributed by atoms with Crippen molar-refractivity contribution in [1.29, 1.82) is 0 Å². The van der Waals surface area contributed by atoms with Crippen LogP contribution in [0.25, 0.3) is 21.8 Å². The lowest BCUT2D eigenvalue weighted by atomic mass is 10.1. The monoisotopic (exact) mass is 481 g/mol. The molecule has 6 aromatic rings. The molecule has 0 aliphatic carbocycles. The van der Waals surface area contributed by atoms with Gasteiger partial charge < -0.3 is 16.0 Å². The van der Waals surface area contributed by atoms with Gasteiger partial charge in [-0.2, -0.15) is 0 Å². The summed E-state index contributed by atoms with van der Waals surface area (Å²) in [7, 11) is 0. The molecule has 6 rings (SSSR count). The number of nitrogens with zero attached hydrogens (tertiary/aromatic N) is 2. The smallest absolute Gasteiger partial charge is 0.255 e. The zero-order valence-corrected chi connectivity index (χ0v) is 19.8. The molecule has 2 heterocycles. The molecule has 3 N–H and O–H groups in total. The molecular formula is C31H23N5O. The Hall–Kier alpha value is -5.23. The third-order valence-electron chi connectivity index (χ3n) is 6.12. The second kappa shape index (κ2) is 9.79. The number of aromatic nitrogens is 2. The topological polar surface area (TPSA) is 78.9 Å². The van der Waals surface area contributed by atoms with E-state index in [2.05, 4.69) is 25.9 Å². The van der Waals surface area contributed by atoms with E-state index in [-0.39, 0.29) is 5.91 Å². The van der Waals surface area contributed by atoms with Crippen LogP contribution in [-0.4, -0.2) is 15.9 Å². The summed E-state index contributed by atoms with van der Waals surface area (Å²) < 4.78 is 0. The Kier molecular flexibility index (Phi) is 5.89. The third-order valence-corrected chi connectivity index (χ3v) is 6.12.